The van der Waals surface area contributed by atoms with Crippen LogP contribution in [0.2, 0.25) is 0 Å². The molecule has 0 bridgehead atoms. The Balaban J connectivity index is 1.81. The number of hydrogen-bond acceptors (Lipinski definition) is 5. The molecule has 0 fully saturated rings. The van der Waals surface area contributed by atoms with E-state index in [-0.39, 0.29) is 11.7 Å². The van der Waals surface area contributed by atoms with E-state index in [9.17, 15) is 9.59 Å². The number of aldehydes is 1. The molecule has 0 saturated carbocycles. The molecule has 2 N–H and O–H groups in total. The molecule has 0 aliphatic rings. The van der Waals surface area contributed by atoms with Crippen molar-refractivity contribution in [3.63, 3.8) is 0 Å². The molecule has 1 unspecified atom stereocenters. The van der Waals surface area contributed by atoms with Gasteiger partial charge in [-0.25, -0.2) is 4.98 Å². The van der Waals surface area contributed by atoms with Crippen molar-refractivity contribution >= 4 is 12.2 Å². The van der Waals surface area contributed by atoms with Gasteiger partial charge < -0.3 is 14.5 Å². The van der Waals surface area contributed by atoms with E-state index in [1.54, 1.807) is 0 Å². The highest BCUT2D eigenvalue weighted by Crippen LogP contribution is 2.25. The predicted molar refractivity (Wildman–Crippen MR) is 96.4 cm³/mol. The maximum absolute atomic E-state index is 12.2. The SMILES string of the molecule is Cc1cc(-c2cccc(-c3ncc(C(=O)NC(C=O)C(C)C)o3)c2)n[nH]1. The summed E-state index contributed by atoms with van der Waals surface area (Å²) < 4.78 is 5.59. The molecule has 0 saturated heterocycles. The number of carbonyl (C=O) groups is 2. The normalized spacial score (nSPS) is 12.2. The molecule has 3 aromatic rings. The Kier molecular flexibility index (Phi) is 4.97. The second-order valence-corrected chi connectivity index (χ2v) is 6.43. The highest BCUT2D eigenvalue weighted by Gasteiger charge is 2.20. The van der Waals surface area contributed by atoms with Crippen molar-refractivity contribution < 1.29 is 14.0 Å². The van der Waals surface area contributed by atoms with Crippen LogP contribution in [0.25, 0.3) is 22.7 Å². The molecule has 2 heterocycles. The van der Waals surface area contributed by atoms with Gasteiger partial charge in [0.05, 0.1) is 17.9 Å². The Morgan fingerprint density at radius 2 is 2.04 bits per heavy atom. The molecule has 26 heavy (non-hydrogen) atoms. The third kappa shape index (κ3) is 3.72. The van der Waals surface area contributed by atoms with Crippen molar-refractivity contribution in [2.45, 2.75) is 26.8 Å². The van der Waals surface area contributed by atoms with Crippen LogP contribution in [0, 0.1) is 12.8 Å². The second-order valence-electron chi connectivity index (χ2n) is 6.43. The molecular weight excluding hydrogens is 332 g/mol. The smallest absolute Gasteiger partial charge is 0.289 e. The Hall–Kier alpha value is -3.22. The molecule has 0 aliphatic heterocycles. The first-order valence-corrected chi connectivity index (χ1v) is 8.32. The zero-order valence-electron chi connectivity index (χ0n) is 14.8. The van der Waals surface area contributed by atoms with Gasteiger partial charge in [0.1, 0.15) is 6.29 Å². The van der Waals surface area contributed by atoms with E-state index < -0.39 is 11.9 Å². The second kappa shape index (κ2) is 7.35. The van der Waals surface area contributed by atoms with Gasteiger partial charge in [0, 0.05) is 16.8 Å². The van der Waals surface area contributed by atoms with Crippen molar-refractivity contribution in [2.75, 3.05) is 0 Å². The lowest BCUT2D eigenvalue weighted by atomic mass is 10.1. The van der Waals surface area contributed by atoms with E-state index in [1.165, 1.54) is 6.20 Å². The van der Waals surface area contributed by atoms with Crippen molar-refractivity contribution in [2.24, 2.45) is 5.92 Å². The van der Waals surface area contributed by atoms with E-state index in [0.29, 0.717) is 5.89 Å². The van der Waals surface area contributed by atoms with Gasteiger partial charge in [-0.15, -0.1) is 0 Å². The summed E-state index contributed by atoms with van der Waals surface area (Å²) in [6.07, 6.45) is 2.08. The van der Waals surface area contributed by atoms with Crippen LogP contribution < -0.4 is 5.32 Å². The van der Waals surface area contributed by atoms with Crippen LogP contribution in [0.4, 0.5) is 0 Å². The van der Waals surface area contributed by atoms with Crippen LogP contribution in [0.15, 0.2) is 40.9 Å². The minimum Gasteiger partial charge on any atom is -0.431 e. The van der Waals surface area contributed by atoms with Crippen LogP contribution in [0.5, 0.6) is 0 Å². The summed E-state index contributed by atoms with van der Waals surface area (Å²) >= 11 is 0. The van der Waals surface area contributed by atoms with Crippen LogP contribution in [-0.2, 0) is 4.79 Å². The minimum absolute atomic E-state index is 0.00664. The fraction of sp³-hybridized carbons (Fsp3) is 0.263. The summed E-state index contributed by atoms with van der Waals surface area (Å²) in [5.41, 5.74) is 3.44. The highest BCUT2D eigenvalue weighted by molar-refractivity contribution is 5.93. The quantitative estimate of drug-likeness (QED) is 0.664. The maximum Gasteiger partial charge on any atom is 0.289 e. The number of H-pyrrole nitrogens is 1. The van der Waals surface area contributed by atoms with Crippen LogP contribution in [0.3, 0.4) is 0 Å². The number of amides is 1. The van der Waals surface area contributed by atoms with Crippen LogP contribution in [0.1, 0.15) is 30.1 Å². The Morgan fingerprint density at radius 3 is 2.69 bits per heavy atom. The third-order valence-corrected chi connectivity index (χ3v) is 4.00. The number of nitrogens with zero attached hydrogens (tertiary/aromatic N) is 2. The summed E-state index contributed by atoms with van der Waals surface area (Å²) in [5.74, 6) is -0.0774. The Labute approximate surface area is 150 Å². The van der Waals surface area contributed by atoms with Gasteiger partial charge in [-0.3, -0.25) is 9.89 Å². The molecule has 0 radical (unpaired) electrons. The lowest BCUT2D eigenvalue weighted by Gasteiger charge is -2.14. The maximum atomic E-state index is 12.2. The number of aryl methyl sites for hydroxylation is 1. The average Bonchev–Trinajstić information content (AvgIpc) is 3.28. The molecule has 3 rings (SSSR count). The number of aromatic nitrogens is 3. The molecule has 134 valence electrons. The zero-order chi connectivity index (χ0) is 18.7. The third-order valence-electron chi connectivity index (χ3n) is 4.00. The average molecular weight is 352 g/mol. The molecule has 7 nitrogen and oxygen atoms in total. The van der Waals surface area contributed by atoms with Gasteiger partial charge in [-0.2, -0.15) is 5.10 Å². The van der Waals surface area contributed by atoms with E-state index in [2.05, 4.69) is 20.5 Å². The van der Waals surface area contributed by atoms with Crippen LogP contribution >= 0.6 is 0 Å². The van der Waals surface area contributed by atoms with E-state index in [4.69, 9.17) is 4.42 Å². The minimum atomic E-state index is -0.567. The lowest BCUT2D eigenvalue weighted by Crippen LogP contribution is -2.39. The Morgan fingerprint density at radius 1 is 1.27 bits per heavy atom. The molecular formula is C19H20N4O3. The molecule has 0 aliphatic carbocycles. The number of aromatic amines is 1. The zero-order valence-corrected chi connectivity index (χ0v) is 14.8. The summed E-state index contributed by atoms with van der Waals surface area (Å²) in [5, 5.41) is 9.78. The van der Waals surface area contributed by atoms with E-state index in [0.717, 1.165) is 28.8 Å². The van der Waals surface area contributed by atoms with Gasteiger partial charge in [0.15, 0.2) is 0 Å². The number of benzene rings is 1. The molecule has 1 amide bonds. The number of carbonyl (C=O) groups excluding carboxylic acids is 2. The van der Waals surface area contributed by atoms with Crippen molar-refractivity contribution in [3.8, 4) is 22.7 Å². The molecule has 2 aromatic heterocycles. The summed E-state index contributed by atoms with van der Waals surface area (Å²) in [7, 11) is 0. The van der Waals surface area contributed by atoms with Crippen molar-refractivity contribution in [1.82, 2.24) is 20.5 Å². The monoisotopic (exact) mass is 352 g/mol. The number of rotatable bonds is 6. The first kappa shape index (κ1) is 17.6. The molecule has 1 atom stereocenters. The number of hydrogen-bond donors (Lipinski definition) is 2. The first-order valence-electron chi connectivity index (χ1n) is 8.32. The first-order chi connectivity index (χ1) is 12.5. The molecule has 7 heteroatoms. The fourth-order valence-electron chi connectivity index (χ4n) is 2.47. The van der Waals surface area contributed by atoms with Gasteiger partial charge in [-0.05, 0) is 31.0 Å². The highest BCUT2D eigenvalue weighted by atomic mass is 16.4. The van der Waals surface area contributed by atoms with E-state index >= 15 is 0 Å². The summed E-state index contributed by atoms with van der Waals surface area (Å²) in [6, 6.07) is 8.93. The van der Waals surface area contributed by atoms with E-state index in [1.807, 2.05) is 51.1 Å². The summed E-state index contributed by atoms with van der Waals surface area (Å²) in [4.78, 5) is 27.5. The molecule has 0 spiro atoms. The predicted octanol–water partition coefficient (Wildman–Crippen LogP) is 2.99. The number of oxazole rings is 1. The van der Waals surface area contributed by atoms with Crippen molar-refractivity contribution in [1.29, 1.82) is 0 Å². The largest absolute Gasteiger partial charge is 0.431 e. The Bertz CT molecular complexity index is 926. The van der Waals surface area contributed by atoms with Gasteiger partial charge in [-0.1, -0.05) is 26.0 Å². The van der Waals surface area contributed by atoms with Gasteiger partial charge >= 0.3 is 0 Å². The lowest BCUT2D eigenvalue weighted by molar-refractivity contribution is -0.110. The van der Waals surface area contributed by atoms with Crippen molar-refractivity contribution in [3.05, 3.63) is 48.0 Å². The standard InChI is InChI=1S/C19H20N4O3/c1-11(2)16(10-24)21-18(25)17-9-20-19(26-17)14-6-4-5-13(8-14)15-7-12(3)22-23-15/h4-11,16H,1-3H3,(H,21,25)(H,22,23). The molecule has 1 aromatic carbocycles. The van der Waals surface area contributed by atoms with Crippen LogP contribution in [-0.4, -0.2) is 33.4 Å². The van der Waals surface area contributed by atoms with Gasteiger partial charge in [0.25, 0.3) is 5.91 Å². The topological polar surface area (TPSA) is 101 Å². The number of nitrogens with one attached hydrogen (secondary N) is 2. The fourth-order valence-corrected chi connectivity index (χ4v) is 2.47. The van der Waals surface area contributed by atoms with Gasteiger partial charge in [0.2, 0.25) is 11.7 Å². The summed E-state index contributed by atoms with van der Waals surface area (Å²) in [6.45, 7) is 5.64.